The zero-order valence-corrected chi connectivity index (χ0v) is 23.4. The maximum Gasteiger partial charge on any atom is 0.416 e. The van der Waals surface area contributed by atoms with E-state index >= 15 is 0 Å². The van der Waals surface area contributed by atoms with Crippen LogP contribution in [0, 0.1) is 5.82 Å². The molecule has 224 valence electrons. The van der Waals surface area contributed by atoms with Crippen LogP contribution in [0.4, 0.5) is 40.7 Å². The molecule has 0 atom stereocenters. The van der Waals surface area contributed by atoms with Gasteiger partial charge in [-0.25, -0.2) is 19.8 Å². The number of aromatic nitrogens is 3. The highest BCUT2D eigenvalue weighted by Crippen LogP contribution is 2.37. The van der Waals surface area contributed by atoms with Gasteiger partial charge >= 0.3 is 6.18 Å². The quantitative estimate of drug-likeness (QED) is 0.120. The normalized spacial score (nSPS) is 14.0. The molecule has 2 aromatic heterocycles. The minimum absolute atomic E-state index is 0.0500. The Morgan fingerprint density at radius 2 is 1.81 bits per heavy atom. The van der Waals surface area contributed by atoms with Crippen LogP contribution in [0.3, 0.4) is 0 Å². The van der Waals surface area contributed by atoms with Crippen molar-refractivity contribution in [3.63, 3.8) is 0 Å². The predicted octanol–water partition coefficient (Wildman–Crippen LogP) is 6.55. The number of hydrazone groups is 1. The summed E-state index contributed by atoms with van der Waals surface area (Å²) < 4.78 is 60.9. The first-order valence-electron chi connectivity index (χ1n) is 13.5. The second-order valence-electron chi connectivity index (χ2n) is 10.1. The third kappa shape index (κ3) is 7.36. The second-order valence-corrected chi connectivity index (χ2v) is 10.1. The van der Waals surface area contributed by atoms with E-state index in [1.165, 1.54) is 18.3 Å². The molecule has 43 heavy (non-hydrogen) atoms. The molecule has 3 N–H and O–H groups in total. The van der Waals surface area contributed by atoms with Crippen molar-refractivity contribution < 1.29 is 27.4 Å². The zero-order valence-electron chi connectivity index (χ0n) is 23.4. The molecule has 2 aromatic carbocycles. The van der Waals surface area contributed by atoms with Crippen molar-refractivity contribution in [2.45, 2.75) is 25.9 Å². The fourth-order valence-corrected chi connectivity index (χ4v) is 4.54. The van der Waals surface area contributed by atoms with Crippen molar-refractivity contribution in [2.24, 2.45) is 5.10 Å². The zero-order chi connectivity index (χ0) is 30.6. The molecular formula is C30H29F4N7O2. The first-order chi connectivity index (χ1) is 20.6. The van der Waals surface area contributed by atoms with E-state index < -0.39 is 17.6 Å². The number of aromatic hydroxyl groups is 1. The lowest BCUT2D eigenvalue weighted by Gasteiger charge is -2.27. The van der Waals surface area contributed by atoms with Crippen molar-refractivity contribution in [2.75, 3.05) is 41.9 Å². The van der Waals surface area contributed by atoms with Gasteiger partial charge in [-0.3, -0.25) is 0 Å². The van der Waals surface area contributed by atoms with Gasteiger partial charge in [-0.15, -0.1) is 0 Å². The van der Waals surface area contributed by atoms with Gasteiger partial charge < -0.3 is 20.1 Å². The smallest absolute Gasteiger partial charge is 0.416 e. The Kier molecular flexibility index (Phi) is 8.71. The summed E-state index contributed by atoms with van der Waals surface area (Å²) in [4.78, 5) is 14.6. The standard InChI is InChI=1S/C30H29F4N7O2/c1-18(2)27-26(37-23-13-20(12-21(15-23)30(32,33)34)19-4-3-5-24(42)14-19)7-6-22(38-27)16-36-40-29-35-17-25(31)28(39-29)41-8-10-43-11-9-41/h3-7,12-18,37,42H,8-11H2,1-2H3,(H,35,39,40)/b36-16+. The second kappa shape index (κ2) is 12.6. The number of phenolic OH excluding ortho intramolecular Hbond substituents is 1. The summed E-state index contributed by atoms with van der Waals surface area (Å²) >= 11 is 0. The maximum atomic E-state index is 14.3. The van der Waals surface area contributed by atoms with Crippen molar-refractivity contribution in [1.29, 1.82) is 0 Å². The van der Waals surface area contributed by atoms with Gasteiger partial charge in [-0.2, -0.15) is 23.3 Å². The van der Waals surface area contributed by atoms with Crippen molar-refractivity contribution in [3.8, 4) is 16.9 Å². The molecule has 1 aliphatic rings. The highest BCUT2D eigenvalue weighted by molar-refractivity contribution is 5.79. The van der Waals surface area contributed by atoms with Crippen molar-refractivity contribution in [3.05, 3.63) is 83.6 Å². The van der Waals surface area contributed by atoms with Crippen molar-refractivity contribution >= 4 is 29.4 Å². The molecule has 0 bridgehead atoms. The van der Waals surface area contributed by atoms with Crippen LogP contribution in [0.25, 0.3) is 11.1 Å². The predicted molar refractivity (Wildman–Crippen MR) is 156 cm³/mol. The molecule has 0 amide bonds. The number of hydrogen-bond donors (Lipinski definition) is 3. The Balaban J connectivity index is 1.37. The van der Waals surface area contributed by atoms with Crippen LogP contribution < -0.4 is 15.6 Å². The van der Waals surface area contributed by atoms with Crippen LogP contribution >= 0.6 is 0 Å². The Morgan fingerprint density at radius 1 is 1.02 bits per heavy atom. The van der Waals surface area contributed by atoms with Gasteiger partial charge in [0.1, 0.15) is 5.75 Å². The average Bonchev–Trinajstić information content (AvgIpc) is 2.98. The van der Waals surface area contributed by atoms with Crippen LogP contribution in [-0.4, -0.2) is 52.6 Å². The Bertz CT molecular complexity index is 1620. The van der Waals surface area contributed by atoms with E-state index in [9.17, 15) is 22.7 Å². The summed E-state index contributed by atoms with van der Waals surface area (Å²) in [5.41, 5.74) is 4.42. The molecule has 0 spiro atoms. The number of nitrogens with zero attached hydrogens (tertiary/aromatic N) is 5. The topological polar surface area (TPSA) is 108 Å². The molecule has 3 heterocycles. The number of phenols is 1. The number of pyridine rings is 1. The summed E-state index contributed by atoms with van der Waals surface area (Å²) in [7, 11) is 0. The number of ether oxygens (including phenoxy) is 1. The highest BCUT2D eigenvalue weighted by Gasteiger charge is 2.31. The largest absolute Gasteiger partial charge is 0.508 e. The van der Waals surface area contributed by atoms with E-state index in [4.69, 9.17) is 4.74 Å². The van der Waals surface area contributed by atoms with E-state index in [1.54, 1.807) is 35.2 Å². The molecule has 1 saturated heterocycles. The SMILES string of the molecule is CC(C)c1nc(/C=N/Nc2ncc(F)c(N3CCOCC3)n2)ccc1Nc1cc(-c2cccc(O)c2)cc(C(F)(F)F)c1. The van der Waals surface area contributed by atoms with Crippen LogP contribution in [-0.2, 0) is 10.9 Å². The van der Waals surface area contributed by atoms with E-state index in [0.29, 0.717) is 54.5 Å². The third-order valence-corrected chi connectivity index (χ3v) is 6.61. The van der Waals surface area contributed by atoms with Crippen LogP contribution in [0.2, 0.25) is 0 Å². The molecule has 0 aliphatic carbocycles. The summed E-state index contributed by atoms with van der Waals surface area (Å²) in [6, 6.07) is 13.1. The molecule has 5 rings (SSSR count). The Labute approximate surface area is 245 Å². The van der Waals surface area contributed by atoms with Gasteiger partial charge in [-0.05, 0) is 59.5 Å². The third-order valence-electron chi connectivity index (χ3n) is 6.61. The summed E-state index contributed by atoms with van der Waals surface area (Å²) in [6.07, 6.45) is -2.06. The molecule has 9 nitrogen and oxygen atoms in total. The van der Waals surface area contributed by atoms with Gasteiger partial charge in [-0.1, -0.05) is 26.0 Å². The van der Waals surface area contributed by atoms with Gasteiger partial charge in [0.15, 0.2) is 11.6 Å². The van der Waals surface area contributed by atoms with Crippen LogP contribution in [0.15, 0.2) is 65.9 Å². The van der Waals surface area contributed by atoms with Crippen LogP contribution in [0.5, 0.6) is 5.75 Å². The molecule has 13 heteroatoms. The number of anilines is 4. The number of nitrogens with one attached hydrogen (secondary N) is 2. The van der Waals surface area contributed by atoms with E-state index in [1.807, 2.05) is 13.8 Å². The fraction of sp³-hybridized carbons (Fsp3) is 0.267. The molecule has 1 aliphatic heterocycles. The monoisotopic (exact) mass is 595 g/mol. The first kappa shape index (κ1) is 29.7. The number of halogens is 4. The van der Waals surface area contributed by atoms with E-state index in [0.717, 1.165) is 18.3 Å². The Morgan fingerprint density at radius 3 is 2.53 bits per heavy atom. The number of benzene rings is 2. The van der Waals surface area contributed by atoms with E-state index in [-0.39, 0.29) is 29.1 Å². The average molecular weight is 596 g/mol. The van der Waals surface area contributed by atoms with Gasteiger partial charge in [0, 0.05) is 18.8 Å². The summed E-state index contributed by atoms with van der Waals surface area (Å²) in [5.74, 6) is -0.415. The fourth-order valence-electron chi connectivity index (χ4n) is 4.54. The minimum atomic E-state index is -4.58. The van der Waals surface area contributed by atoms with Gasteiger partial charge in [0.05, 0.1) is 48.3 Å². The molecular weight excluding hydrogens is 566 g/mol. The minimum Gasteiger partial charge on any atom is -0.508 e. The lowest BCUT2D eigenvalue weighted by molar-refractivity contribution is -0.137. The molecule has 1 fully saturated rings. The number of hydrogen-bond acceptors (Lipinski definition) is 9. The first-order valence-corrected chi connectivity index (χ1v) is 13.5. The van der Waals surface area contributed by atoms with Crippen molar-refractivity contribution in [1.82, 2.24) is 15.0 Å². The lowest BCUT2D eigenvalue weighted by atomic mass is 10.0. The van der Waals surface area contributed by atoms with E-state index in [2.05, 4.69) is 30.8 Å². The highest BCUT2D eigenvalue weighted by atomic mass is 19.4. The molecule has 4 aromatic rings. The maximum absolute atomic E-state index is 14.3. The Hall–Kier alpha value is -4.78. The summed E-state index contributed by atoms with van der Waals surface area (Å²) in [5, 5.41) is 17.1. The number of rotatable bonds is 8. The lowest BCUT2D eigenvalue weighted by Crippen LogP contribution is -2.37. The van der Waals surface area contributed by atoms with Crippen LogP contribution in [0.1, 0.15) is 36.7 Å². The molecule has 0 unspecified atom stereocenters. The number of alkyl halides is 3. The summed E-state index contributed by atoms with van der Waals surface area (Å²) in [6.45, 7) is 5.80. The molecule has 0 radical (unpaired) electrons. The van der Waals surface area contributed by atoms with Gasteiger partial charge in [0.2, 0.25) is 5.95 Å². The molecule has 0 saturated carbocycles. The number of morpholine rings is 1. The van der Waals surface area contributed by atoms with Gasteiger partial charge in [0.25, 0.3) is 0 Å².